The second kappa shape index (κ2) is 8.38. The van der Waals surface area contributed by atoms with Gasteiger partial charge in [0.2, 0.25) is 5.88 Å². The molecule has 1 aromatic heterocycles. The highest BCUT2D eigenvalue weighted by Gasteiger charge is 2.35. The monoisotopic (exact) mass is 368 g/mol. The number of methoxy groups -OCH3 is 1. The number of halogens is 3. The summed E-state index contributed by atoms with van der Waals surface area (Å²) in [7, 11) is 1.43. The van der Waals surface area contributed by atoms with E-state index in [0.29, 0.717) is 17.2 Å². The van der Waals surface area contributed by atoms with Crippen LogP contribution in [-0.2, 0) is 6.18 Å². The van der Waals surface area contributed by atoms with E-state index in [0.717, 1.165) is 12.5 Å². The summed E-state index contributed by atoms with van der Waals surface area (Å²) in [5.74, 6) is 0.747. The fraction of sp³-hybridized carbons (Fsp3) is 0.474. The maximum atomic E-state index is 13.5. The Hall–Kier alpha value is -2.31. The van der Waals surface area contributed by atoms with Crippen molar-refractivity contribution in [1.82, 2.24) is 9.97 Å². The molecule has 0 aliphatic carbocycles. The van der Waals surface area contributed by atoms with Crippen LogP contribution in [0, 0.1) is 11.8 Å². The number of nitrogens with zero attached hydrogens (tertiary/aromatic N) is 2. The molecule has 0 N–H and O–H groups in total. The highest BCUT2D eigenvalue weighted by Crippen LogP contribution is 2.39. The Morgan fingerprint density at radius 3 is 2.42 bits per heavy atom. The maximum absolute atomic E-state index is 13.5. The fourth-order valence-electron chi connectivity index (χ4n) is 2.75. The quantitative estimate of drug-likeness (QED) is 0.671. The Balaban J connectivity index is 2.30. The predicted molar refractivity (Wildman–Crippen MR) is 93.1 cm³/mol. The first-order chi connectivity index (χ1) is 12.2. The van der Waals surface area contributed by atoms with Gasteiger partial charge in [0.15, 0.2) is 0 Å². The molecule has 1 heterocycles. The van der Waals surface area contributed by atoms with E-state index in [4.69, 9.17) is 9.47 Å². The molecule has 1 atom stereocenters. The third-order valence-corrected chi connectivity index (χ3v) is 3.83. The summed E-state index contributed by atoms with van der Waals surface area (Å²) in [5.41, 5.74) is -0.146. The summed E-state index contributed by atoms with van der Waals surface area (Å²) in [4.78, 5) is 7.88. The van der Waals surface area contributed by atoms with Gasteiger partial charge in [-0.25, -0.2) is 9.97 Å². The van der Waals surface area contributed by atoms with Crippen LogP contribution in [-0.4, -0.2) is 23.7 Å². The summed E-state index contributed by atoms with van der Waals surface area (Å²) in [5, 5.41) is 0. The normalized spacial score (nSPS) is 12.9. The molecule has 7 heteroatoms. The topological polar surface area (TPSA) is 44.2 Å². The second-order valence-electron chi connectivity index (χ2n) is 6.70. The van der Waals surface area contributed by atoms with E-state index in [2.05, 4.69) is 23.8 Å². The van der Waals surface area contributed by atoms with Gasteiger partial charge >= 0.3 is 6.18 Å². The maximum Gasteiger partial charge on any atom is 0.419 e. The molecular weight excluding hydrogens is 345 g/mol. The summed E-state index contributed by atoms with van der Waals surface area (Å²) in [6.45, 7) is 6.35. The molecule has 26 heavy (non-hydrogen) atoms. The van der Waals surface area contributed by atoms with Crippen molar-refractivity contribution in [1.29, 1.82) is 0 Å². The van der Waals surface area contributed by atoms with Crippen LogP contribution in [0.4, 0.5) is 13.2 Å². The van der Waals surface area contributed by atoms with Crippen LogP contribution < -0.4 is 9.47 Å². The van der Waals surface area contributed by atoms with Gasteiger partial charge in [0.25, 0.3) is 0 Å². The number of benzene rings is 1. The molecule has 1 aromatic carbocycles. The molecule has 0 fully saturated rings. The smallest absolute Gasteiger partial charge is 0.419 e. The standard InChI is InChI=1S/C19H23F3N2O2/c1-12(2)7-13(3)10-26-17-6-5-14(8-15(17)19(20,21)22)16-9-18(25-4)24-11-23-16/h5-6,8-9,11-13H,7,10H2,1-4H3/t13-/m0/s1. The van der Waals surface area contributed by atoms with E-state index in [1.807, 2.05) is 6.92 Å². The van der Waals surface area contributed by atoms with Crippen molar-refractivity contribution in [2.75, 3.05) is 13.7 Å². The minimum Gasteiger partial charge on any atom is -0.493 e. The van der Waals surface area contributed by atoms with Gasteiger partial charge in [0.1, 0.15) is 12.1 Å². The van der Waals surface area contributed by atoms with Crippen molar-refractivity contribution in [3.63, 3.8) is 0 Å². The number of aromatic nitrogens is 2. The number of ether oxygens (including phenoxy) is 2. The van der Waals surface area contributed by atoms with Gasteiger partial charge in [-0.1, -0.05) is 20.8 Å². The number of hydrogen-bond donors (Lipinski definition) is 0. The van der Waals surface area contributed by atoms with Crippen LogP contribution in [0.3, 0.4) is 0 Å². The minimum absolute atomic E-state index is 0.168. The van der Waals surface area contributed by atoms with Gasteiger partial charge in [-0.15, -0.1) is 0 Å². The largest absolute Gasteiger partial charge is 0.493 e. The molecule has 4 nitrogen and oxygen atoms in total. The Bertz CT molecular complexity index is 733. The lowest BCUT2D eigenvalue weighted by molar-refractivity contribution is -0.139. The van der Waals surface area contributed by atoms with Crippen LogP contribution >= 0.6 is 0 Å². The fourth-order valence-corrected chi connectivity index (χ4v) is 2.75. The molecule has 0 saturated carbocycles. The molecule has 142 valence electrons. The summed E-state index contributed by atoms with van der Waals surface area (Å²) in [6, 6.07) is 5.43. The van der Waals surface area contributed by atoms with E-state index in [9.17, 15) is 13.2 Å². The van der Waals surface area contributed by atoms with Crippen LogP contribution in [0.1, 0.15) is 32.8 Å². The van der Waals surface area contributed by atoms with E-state index in [1.165, 1.54) is 25.6 Å². The molecule has 0 spiro atoms. The predicted octanol–water partition coefficient (Wildman–Crippen LogP) is 5.23. The van der Waals surface area contributed by atoms with Gasteiger partial charge in [-0.05, 0) is 36.5 Å². The van der Waals surface area contributed by atoms with Crippen molar-refractivity contribution >= 4 is 0 Å². The van der Waals surface area contributed by atoms with Crippen LogP contribution in [0.15, 0.2) is 30.6 Å². The van der Waals surface area contributed by atoms with Gasteiger partial charge < -0.3 is 9.47 Å². The zero-order valence-corrected chi connectivity index (χ0v) is 15.3. The first kappa shape index (κ1) is 20.0. The molecule has 0 amide bonds. The van der Waals surface area contributed by atoms with E-state index >= 15 is 0 Å². The molecule has 0 unspecified atom stereocenters. The highest BCUT2D eigenvalue weighted by atomic mass is 19.4. The van der Waals surface area contributed by atoms with Crippen LogP contribution in [0.5, 0.6) is 11.6 Å². The first-order valence-corrected chi connectivity index (χ1v) is 8.41. The Labute approximate surface area is 151 Å². The summed E-state index contributed by atoms with van der Waals surface area (Å²) < 4.78 is 50.9. The lowest BCUT2D eigenvalue weighted by Crippen LogP contribution is -2.14. The average molecular weight is 368 g/mol. The van der Waals surface area contributed by atoms with Crippen LogP contribution in [0.25, 0.3) is 11.3 Å². The molecule has 2 aromatic rings. The Morgan fingerprint density at radius 1 is 1.08 bits per heavy atom. The average Bonchev–Trinajstić information content (AvgIpc) is 2.58. The van der Waals surface area contributed by atoms with Gasteiger partial charge in [-0.2, -0.15) is 13.2 Å². The summed E-state index contributed by atoms with van der Waals surface area (Å²) >= 11 is 0. The van der Waals surface area contributed by atoms with E-state index in [-0.39, 0.29) is 24.2 Å². The lowest BCUT2D eigenvalue weighted by atomic mass is 10.00. The second-order valence-corrected chi connectivity index (χ2v) is 6.70. The zero-order chi connectivity index (χ0) is 19.3. The number of rotatable bonds is 7. The highest BCUT2D eigenvalue weighted by molar-refractivity contribution is 5.63. The molecule has 0 aliphatic heterocycles. The molecular formula is C19H23F3N2O2. The van der Waals surface area contributed by atoms with Crippen molar-refractivity contribution in [3.8, 4) is 22.9 Å². The van der Waals surface area contributed by atoms with Gasteiger partial charge in [0, 0.05) is 11.6 Å². The molecule has 0 bridgehead atoms. The van der Waals surface area contributed by atoms with Crippen molar-refractivity contribution in [3.05, 3.63) is 36.2 Å². The Kier molecular flexibility index (Phi) is 6.45. The van der Waals surface area contributed by atoms with Crippen molar-refractivity contribution < 1.29 is 22.6 Å². The molecule has 0 aliphatic rings. The molecule has 2 rings (SSSR count). The van der Waals surface area contributed by atoms with Gasteiger partial charge in [0.05, 0.1) is 25.0 Å². The first-order valence-electron chi connectivity index (χ1n) is 8.41. The number of alkyl halides is 3. The van der Waals surface area contributed by atoms with E-state index < -0.39 is 11.7 Å². The Morgan fingerprint density at radius 2 is 1.81 bits per heavy atom. The van der Waals surface area contributed by atoms with Crippen molar-refractivity contribution in [2.45, 2.75) is 33.4 Å². The number of hydrogen-bond acceptors (Lipinski definition) is 4. The molecule has 0 saturated heterocycles. The SMILES string of the molecule is COc1cc(-c2ccc(OC[C@@H](C)CC(C)C)c(C(F)(F)F)c2)ncn1. The minimum atomic E-state index is -4.52. The summed E-state index contributed by atoms with van der Waals surface area (Å²) in [6.07, 6.45) is -2.39. The zero-order valence-electron chi connectivity index (χ0n) is 15.3. The van der Waals surface area contributed by atoms with Crippen molar-refractivity contribution in [2.24, 2.45) is 11.8 Å². The lowest BCUT2D eigenvalue weighted by Gasteiger charge is -2.19. The molecule has 0 radical (unpaired) electrons. The third-order valence-electron chi connectivity index (χ3n) is 3.83. The third kappa shape index (κ3) is 5.34. The van der Waals surface area contributed by atoms with E-state index in [1.54, 1.807) is 6.07 Å². The van der Waals surface area contributed by atoms with Gasteiger partial charge in [-0.3, -0.25) is 0 Å². The van der Waals surface area contributed by atoms with Crippen LogP contribution in [0.2, 0.25) is 0 Å².